The van der Waals surface area contributed by atoms with E-state index in [-0.39, 0.29) is 5.91 Å². The van der Waals surface area contributed by atoms with E-state index in [1.165, 1.54) is 17.5 Å². The van der Waals surface area contributed by atoms with Crippen molar-refractivity contribution in [3.05, 3.63) is 40.7 Å². The topological polar surface area (TPSA) is 55.1 Å². The molecule has 0 saturated carbocycles. The molecule has 0 aliphatic heterocycles. The van der Waals surface area contributed by atoms with Crippen molar-refractivity contribution in [2.75, 3.05) is 0 Å². The summed E-state index contributed by atoms with van der Waals surface area (Å²) in [4.78, 5) is 16.6. The third-order valence-electron chi connectivity index (χ3n) is 2.13. The van der Waals surface area contributed by atoms with Crippen molar-refractivity contribution in [2.45, 2.75) is 19.4 Å². The van der Waals surface area contributed by atoms with Crippen molar-refractivity contribution in [1.82, 2.24) is 10.3 Å². The van der Waals surface area contributed by atoms with Crippen LogP contribution < -0.4 is 5.32 Å². The Labute approximate surface area is 97.3 Å². The van der Waals surface area contributed by atoms with Crippen LogP contribution >= 0.6 is 11.3 Å². The van der Waals surface area contributed by atoms with E-state index in [2.05, 4.69) is 10.3 Å². The van der Waals surface area contributed by atoms with Gasteiger partial charge in [-0.15, -0.1) is 11.3 Å². The van der Waals surface area contributed by atoms with Crippen LogP contribution in [0.4, 0.5) is 0 Å². The maximum Gasteiger partial charge on any atom is 0.220 e. The number of oxazole rings is 1. The van der Waals surface area contributed by atoms with Crippen LogP contribution in [0.5, 0.6) is 0 Å². The van der Waals surface area contributed by atoms with Gasteiger partial charge in [-0.05, 0) is 17.9 Å². The maximum absolute atomic E-state index is 11.5. The second-order valence-electron chi connectivity index (χ2n) is 3.34. The smallest absolute Gasteiger partial charge is 0.220 e. The Morgan fingerprint density at radius 3 is 3.19 bits per heavy atom. The van der Waals surface area contributed by atoms with Crippen molar-refractivity contribution in [3.8, 4) is 0 Å². The van der Waals surface area contributed by atoms with Crippen LogP contribution in [0.2, 0.25) is 0 Å². The molecule has 0 aliphatic rings. The predicted molar refractivity (Wildman–Crippen MR) is 61.0 cm³/mol. The van der Waals surface area contributed by atoms with Crippen molar-refractivity contribution in [3.63, 3.8) is 0 Å². The molecule has 1 N–H and O–H groups in total. The fourth-order valence-corrected chi connectivity index (χ4v) is 2.00. The van der Waals surface area contributed by atoms with E-state index < -0.39 is 0 Å². The number of nitrogens with one attached hydrogen (secondary N) is 1. The number of hydrogen-bond acceptors (Lipinski definition) is 4. The molecule has 0 aliphatic carbocycles. The van der Waals surface area contributed by atoms with Crippen molar-refractivity contribution < 1.29 is 9.21 Å². The lowest BCUT2D eigenvalue weighted by molar-refractivity contribution is -0.121. The first-order valence-electron chi connectivity index (χ1n) is 5.01. The molecule has 2 aromatic rings. The molecule has 1 amide bonds. The number of aromatic nitrogens is 1. The summed E-state index contributed by atoms with van der Waals surface area (Å²) >= 11 is 1.67. The highest BCUT2D eigenvalue weighted by atomic mass is 32.1. The van der Waals surface area contributed by atoms with Gasteiger partial charge in [-0.2, -0.15) is 0 Å². The molecule has 0 aromatic carbocycles. The Kier molecular flexibility index (Phi) is 3.71. The SMILES string of the molecule is O=C(CCc1cccs1)NCc1cocn1. The van der Waals surface area contributed by atoms with Gasteiger partial charge in [0.15, 0.2) is 6.39 Å². The first-order chi connectivity index (χ1) is 7.84. The van der Waals surface area contributed by atoms with Gasteiger partial charge in [0, 0.05) is 11.3 Å². The first kappa shape index (κ1) is 10.9. The summed E-state index contributed by atoms with van der Waals surface area (Å²) in [7, 11) is 0. The average Bonchev–Trinajstić information content (AvgIpc) is 2.96. The van der Waals surface area contributed by atoms with Gasteiger partial charge in [0.1, 0.15) is 6.26 Å². The molecule has 0 bridgehead atoms. The first-order valence-corrected chi connectivity index (χ1v) is 5.89. The van der Waals surface area contributed by atoms with Gasteiger partial charge in [0.25, 0.3) is 0 Å². The Balaban J connectivity index is 1.69. The van der Waals surface area contributed by atoms with E-state index >= 15 is 0 Å². The van der Waals surface area contributed by atoms with Gasteiger partial charge in [-0.25, -0.2) is 4.98 Å². The van der Waals surface area contributed by atoms with Gasteiger partial charge >= 0.3 is 0 Å². The summed E-state index contributed by atoms with van der Waals surface area (Å²) in [6, 6.07) is 4.03. The molecule has 2 aromatic heterocycles. The molecule has 0 unspecified atom stereocenters. The molecule has 2 heterocycles. The Hall–Kier alpha value is -1.62. The molecule has 0 atom stereocenters. The van der Waals surface area contributed by atoms with Crippen LogP contribution in [-0.2, 0) is 17.8 Å². The lowest BCUT2D eigenvalue weighted by atomic mass is 10.2. The number of aryl methyl sites for hydroxylation is 1. The van der Waals surface area contributed by atoms with Crippen LogP contribution in [0.3, 0.4) is 0 Å². The van der Waals surface area contributed by atoms with Crippen LogP contribution in [-0.4, -0.2) is 10.9 Å². The number of hydrogen-bond donors (Lipinski definition) is 1. The summed E-state index contributed by atoms with van der Waals surface area (Å²) in [6.07, 6.45) is 4.19. The predicted octanol–water partition coefficient (Wildman–Crippen LogP) is 1.99. The highest BCUT2D eigenvalue weighted by Gasteiger charge is 2.03. The second-order valence-corrected chi connectivity index (χ2v) is 4.37. The number of thiophene rings is 1. The number of carbonyl (C=O) groups is 1. The number of carbonyl (C=O) groups excluding carboxylic acids is 1. The molecular formula is C11H12N2O2S. The van der Waals surface area contributed by atoms with Crippen LogP contribution in [0, 0.1) is 0 Å². The van der Waals surface area contributed by atoms with E-state index in [0.29, 0.717) is 13.0 Å². The summed E-state index contributed by atoms with van der Waals surface area (Å²) < 4.78 is 4.80. The normalized spacial score (nSPS) is 10.2. The molecular weight excluding hydrogens is 224 g/mol. The average molecular weight is 236 g/mol. The van der Waals surface area contributed by atoms with E-state index in [4.69, 9.17) is 4.42 Å². The molecule has 84 valence electrons. The quantitative estimate of drug-likeness (QED) is 0.863. The number of nitrogens with zero attached hydrogens (tertiary/aromatic N) is 1. The summed E-state index contributed by atoms with van der Waals surface area (Å²) in [6.45, 7) is 0.430. The van der Waals surface area contributed by atoms with E-state index in [0.717, 1.165) is 12.1 Å². The molecule has 5 heteroatoms. The van der Waals surface area contributed by atoms with Gasteiger partial charge in [-0.1, -0.05) is 6.07 Å². The van der Waals surface area contributed by atoms with Crippen LogP contribution in [0.15, 0.2) is 34.6 Å². The van der Waals surface area contributed by atoms with Crippen molar-refractivity contribution >= 4 is 17.2 Å². The van der Waals surface area contributed by atoms with Gasteiger partial charge < -0.3 is 9.73 Å². The number of rotatable bonds is 5. The minimum absolute atomic E-state index is 0.0383. The lowest BCUT2D eigenvalue weighted by Crippen LogP contribution is -2.22. The summed E-state index contributed by atoms with van der Waals surface area (Å²) in [5.74, 6) is 0.0383. The molecule has 4 nitrogen and oxygen atoms in total. The van der Waals surface area contributed by atoms with Gasteiger partial charge in [0.2, 0.25) is 5.91 Å². The molecule has 0 saturated heterocycles. The summed E-state index contributed by atoms with van der Waals surface area (Å²) in [5, 5.41) is 4.81. The Morgan fingerprint density at radius 2 is 2.50 bits per heavy atom. The Bertz CT molecular complexity index is 383. The fourth-order valence-electron chi connectivity index (χ4n) is 1.29. The number of amides is 1. The van der Waals surface area contributed by atoms with Crippen LogP contribution in [0.25, 0.3) is 0 Å². The van der Waals surface area contributed by atoms with Gasteiger partial charge in [0.05, 0.1) is 12.2 Å². The Morgan fingerprint density at radius 1 is 1.56 bits per heavy atom. The van der Waals surface area contributed by atoms with E-state index in [1.807, 2.05) is 17.5 Å². The molecule has 0 radical (unpaired) electrons. The minimum atomic E-state index is 0.0383. The maximum atomic E-state index is 11.5. The molecule has 16 heavy (non-hydrogen) atoms. The lowest BCUT2D eigenvalue weighted by Gasteiger charge is -2.01. The van der Waals surface area contributed by atoms with E-state index in [9.17, 15) is 4.79 Å². The highest BCUT2D eigenvalue weighted by Crippen LogP contribution is 2.10. The molecule has 2 rings (SSSR count). The zero-order valence-corrected chi connectivity index (χ0v) is 9.50. The largest absolute Gasteiger partial charge is 0.451 e. The third kappa shape index (κ3) is 3.20. The van der Waals surface area contributed by atoms with E-state index in [1.54, 1.807) is 11.3 Å². The zero-order chi connectivity index (χ0) is 11.2. The molecule has 0 spiro atoms. The fraction of sp³-hybridized carbons (Fsp3) is 0.273. The van der Waals surface area contributed by atoms with Crippen LogP contribution in [0.1, 0.15) is 17.0 Å². The second kappa shape index (κ2) is 5.46. The standard InChI is InChI=1S/C11H12N2O2S/c14-11(4-3-10-2-1-5-16-10)12-6-9-7-15-8-13-9/h1-2,5,7-8H,3-4,6H2,(H,12,14). The molecule has 0 fully saturated rings. The highest BCUT2D eigenvalue weighted by molar-refractivity contribution is 7.09. The third-order valence-corrected chi connectivity index (χ3v) is 3.06. The van der Waals surface area contributed by atoms with Crippen molar-refractivity contribution in [1.29, 1.82) is 0 Å². The van der Waals surface area contributed by atoms with Gasteiger partial charge in [-0.3, -0.25) is 4.79 Å². The zero-order valence-electron chi connectivity index (χ0n) is 8.68. The monoisotopic (exact) mass is 236 g/mol. The minimum Gasteiger partial charge on any atom is -0.451 e. The van der Waals surface area contributed by atoms with Crippen molar-refractivity contribution in [2.24, 2.45) is 0 Å². The summed E-state index contributed by atoms with van der Waals surface area (Å²) in [5.41, 5.74) is 0.740.